The predicted molar refractivity (Wildman–Crippen MR) is 249 cm³/mol. The Morgan fingerprint density at radius 3 is 1.66 bits per heavy atom. The lowest BCUT2D eigenvalue weighted by atomic mass is 9.97. The van der Waals surface area contributed by atoms with E-state index < -0.39 is 86.8 Å². The average Bonchev–Trinajstić information content (AvgIpc) is 3.29. The maximum absolute atomic E-state index is 13.2. The van der Waals surface area contributed by atoms with Gasteiger partial charge in [-0.25, -0.2) is 0 Å². The molecule has 2 saturated heterocycles. The van der Waals surface area contributed by atoms with E-state index in [-0.39, 0.29) is 18.9 Å². The molecule has 0 aromatic rings. The van der Waals surface area contributed by atoms with E-state index in [1.54, 1.807) is 0 Å². The Bertz CT molecular complexity index is 1260. The van der Waals surface area contributed by atoms with Gasteiger partial charge in [-0.05, 0) is 51.4 Å². The number of ether oxygens (including phenoxy) is 4. The summed E-state index contributed by atoms with van der Waals surface area (Å²) >= 11 is 0. The minimum absolute atomic E-state index is 0.233. The van der Waals surface area contributed by atoms with Crippen LogP contribution < -0.4 is 5.32 Å². The molecule has 0 aromatic carbocycles. The quantitative estimate of drug-likeness (QED) is 0.0254. The van der Waals surface area contributed by atoms with Crippen molar-refractivity contribution in [3.05, 3.63) is 48.6 Å². The van der Waals surface area contributed by atoms with Gasteiger partial charge in [0.25, 0.3) is 0 Å². The summed E-state index contributed by atoms with van der Waals surface area (Å²) in [7, 11) is 0. The van der Waals surface area contributed by atoms with Crippen LogP contribution in [0.4, 0.5) is 0 Å². The van der Waals surface area contributed by atoms with Gasteiger partial charge >= 0.3 is 0 Å². The highest BCUT2D eigenvalue weighted by atomic mass is 16.7. The molecule has 0 radical (unpaired) electrons. The highest BCUT2D eigenvalue weighted by Crippen LogP contribution is 2.30. The minimum atomic E-state index is -1.78. The predicted octanol–water partition coefficient (Wildman–Crippen LogP) is 6.10. The normalized spacial score (nSPS) is 27.7. The molecule has 2 rings (SSSR count). The van der Waals surface area contributed by atoms with Crippen molar-refractivity contribution in [1.82, 2.24) is 5.32 Å². The summed E-state index contributed by atoms with van der Waals surface area (Å²) < 4.78 is 22.7. The standard InChI is InChI=1S/C50H89NO13/c1-3-5-7-9-11-13-15-17-18-19-20-22-24-26-28-30-32-34-42(55)51-38(39(54)33-31-29-27-25-23-21-16-14-12-10-8-6-4-2)37-61-49-47(60)45(58)48(41(36-53)63-49)64-50-46(59)44(57)43(56)40(35-52)62-50/h5,7,11,13,17-18,20,22,38-41,43-50,52-54,56-60H,3-4,6,8-10,12,14-16,19,21,23-37H2,1-2H3,(H,51,55)/b7-5-,13-11-,18-17-,22-20-. The fraction of sp³-hybridized carbons (Fsp3) is 0.820. The van der Waals surface area contributed by atoms with Crippen LogP contribution in [-0.2, 0) is 23.7 Å². The molecule has 14 heteroatoms. The summed E-state index contributed by atoms with van der Waals surface area (Å²) in [5.74, 6) is -0.233. The zero-order valence-corrected chi connectivity index (χ0v) is 39.3. The molecule has 64 heavy (non-hydrogen) atoms. The zero-order valence-electron chi connectivity index (χ0n) is 39.3. The summed E-state index contributed by atoms with van der Waals surface area (Å²) in [4.78, 5) is 13.2. The lowest BCUT2D eigenvalue weighted by Gasteiger charge is -2.46. The third-order valence-corrected chi connectivity index (χ3v) is 12.1. The number of carbonyl (C=O) groups is 1. The number of aliphatic hydroxyl groups is 8. The molecule has 12 unspecified atom stereocenters. The molecule has 2 aliphatic heterocycles. The molecule has 12 atom stereocenters. The summed E-state index contributed by atoms with van der Waals surface area (Å²) in [6.45, 7) is 2.70. The largest absolute Gasteiger partial charge is 0.394 e. The second-order valence-electron chi connectivity index (χ2n) is 17.6. The number of aliphatic hydroxyl groups excluding tert-OH is 8. The number of carbonyl (C=O) groups excluding carboxylic acids is 1. The van der Waals surface area contributed by atoms with Crippen LogP contribution in [0.25, 0.3) is 0 Å². The highest BCUT2D eigenvalue weighted by molar-refractivity contribution is 5.76. The van der Waals surface area contributed by atoms with Crippen molar-refractivity contribution in [3.8, 4) is 0 Å². The minimum Gasteiger partial charge on any atom is -0.394 e. The maximum Gasteiger partial charge on any atom is 0.220 e. The Morgan fingerprint density at radius 1 is 0.578 bits per heavy atom. The number of amides is 1. The number of unbranched alkanes of at least 4 members (excludes halogenated alkanes) is 16. The lowest BCUT2D eigenvalue weighted by Crippen LogP contribution is -2.65. The van der Waals surface area contributed by atoms with Crippen LogP contribution in [0.5, 0.6) is 0 Å². The maximum atomic E-state index is 13.2. The SMILES string of the molecule is CC/C=C\C/C=C\C/C=C\C/C=C\CCCCCCC(=O)NC(COC1OC(CO)C(OC2OC(CO)C(O)C(O)C2O)C(O)C1O)C(O)CCCCCCCCCCCCCCC. The molecule has 0 spiro atoms. The van der Waals surface area contributed by atoms with E-state index in [1.165, 1.54) is 57.8 Å². The van der Waals surface area contributed by atoms with Gasteiger partial charge in [0, 0.05) is 6.42 Å². The first kappa shape index (κ1) is 58.1. The molecule has 2 heterocycles. The number of hydrogen-bond acceptors (Lipinski definition) is 13. The van der Waals surface area contributed by atoms with Crippen LogP contribution in [0.1, 0.15) is 168 Å². The third-order valence-electron chi connectivity index (χ3n) is 12.1. The topological polar surface area (TPSA) is 228 Å². The Kier molecular flexibility index (Phi) is 33.6. The average molecular weight is 912 g/mol. The third kappa shape index (κ3) is 24.1. The van der Waals surface area contributed by atoms with Crippen molar-refractivity contribution in [2.24, 2.45) is 0 Å². The molecular formula is C50H89NO13. The lowest BCUT2D eigenvalue weighted by molar-refractivity contribution is -0.359. The van der Waals surface area contributed by atoms with Crippen molar-refractivity contribution in [1.29, 1.82) is 0 Å². The van der Waals surface area contributed by atoms with Crippen molar-refractivity contribution < 1.29 is 64.6 Å². The highest BCUT2D eigenvalue weighted by Gasteiger charge is 2.51. The summed E-state index contributed by atoms with van der Waals surface area (Å²) in [5, 5.41) is 86.8. The first-order valence-electron chi connectivity index (χ1n) is 24.9. The molecule has 1 amide bonds. The molecule has 2 aliphatic rings. The Morgan fingerprint density at radius 2 is 1.08 bits per heavy atom. The molecule has 9 N–H and O–H groups in total. The van der Waals surface area contributed by atoms with E-state index >= 15 is 0 Å². The molecule has 0 saturated carbocycles. The van der Waals surface area contributed by atoms with E-state index in [4.69, 9.17) is 18.9 Å². The van der Waals surface area contributed by atoms with Crippen LogP contribution in [-0.4, -0.2) is 140 Å². The fourth-order valence-electron chi connectivity index (χ4n) is 7.99. The van der Waals surface area contributed by atoms with E-state index in [0.717, 1.165) is 77.0 Å². The zero-order chi connectivity index (χ0) is 46.8. The number of nitrogens with one attached hydrogen (secondary N) is 1. The fourth-order valence-corrected chi connectivity index (χ4v) is 7.99. The van der Waals surface area contributed by atoms with E-state index in [0.29, 0.717) is 12.8 Å². The first-order valence-corrected chi connectivity index (χ1v) is 24.9. The van der Waals surface area contributed by atoms with E-state index in [2.05, 4.69) is 67.8 Å². The van der Waals surface area contributed by atoms with Crippen molar-refractivity contribution in [2.45, 2.75) is 242 Å². The van der Waals surface area contributed by atoms with Crippen LogP contribution in [0.2, 0.25) is 0 Å². The number of hydrogen-bond donors (Lipinski definition) is 9. The molecule has 14 nitrogen and oxygen atoms in total. The van der Waals surface area contributed by atoms with Gasteiger partial charge < -0.3 is 65.1 Å². The van der Waals surface area contributed by atoms with Gasteiger partial charge in [0.1, 0.15) is 48.8 Å². The van der Waals surface area contributed by atoms with E-state index in [1.807, 2.05) is 0 Å². The van der Waals surface area contributed by atoms with Crippen molar-refractivity contribution in [2.75, 3.05) is 19.8 Å². The van der Waals surface area contributed by atoms with Gasteiger partial charge in [-0.15, -0.1) is 0 Å². The van der Waals surface area contributed by atoms with Crippen LogP contribution >= 0.6 is 0 Å². The molecule has 372 valence electrons. The van der Waals surface area contributed by atoms with Crippen LogP contribution in [0.15, 0.2) is 48.6 Å². The van der Waals surface area contributed by atoms with Crippen LogP contribution in [0, 0.1) is 0 Å². The first-order chi connectivity index (χ1) is 31.1. The number of allylic oxidation sites excluding steroid dienone is 8. The van der Waals surface area contributed by atoms with Gasteiger partial charge in [0.2, 0.25) is 5.91 Å². The summed E-state index contributed by atoms with van der Waals surface area (Å²) in [5.41, 5.74) is 0. The monoisotopic (exact) mass is 912 g/mol. The summed E-state index contributed by atoms with van der Waals surface area (Å²) in [6.07, 6.45) is 25.4. The van der Waals surface area contributed by atoms with Gasteiger partial charge in [-0.2, -0.15) is 0 Å². The van der Waals surface area contributed by atoms with E-state index in [9.17, 15) is 45.6 Å². The molecule has 0 aromatic heterocycles. The van der Waals surface area contributed by atoms with Gasteiger partial charge in [-0.1, -0.05) is 159 Å². The van der Waals surface area contributed by atoms with Gasteiger partial charge in [0.15, 0.2) is 12.6 Å². The second-order valence-corrected chi connectivity index (χ2v) is 17.6. The van der Waals surface area contributed by atoms with Gasteiger partial charge in [0.05, 0.1) is 32.0 Å². The molecule has 0 bridgehead atoms. The Balaban J connectivity index is 1.86. The molecule has 2 fully saturated rings. The summed E-state index contributed by atoms with van der Waals surface area (Å²) in [6, 6.07) is -0.841. The Labute approximate surface area is 384 Å². The Hall–Kier alpha value is -2.05. The smallest absolute Gasteiger partial charge is 0.220 e. The second kappa shape index (κ2) is 37.0. The van der Waals surface area contributed by atoms with Crippen molar-refractivity contribution in [3.63, 3.8) is 0 Å². The number of rotatable bonds is 37. The molecule has 0 aliphatic carbocycles. The van der Waals surface area contributed by atoms with Crippen molar-refractivity contribution >= 4 is 5.91 Å². The van der Waals surface area contributed by atoms with Gasteiger partial charge in [-0.3, -0.25) is 4.79 Å². The molecular weight excluding hydrogens is 823 g/mol. The van der Waals surface area contributed by atoms with Crippen LogP contribution in [0.3, 0.4) is 0 Å².